The predicted molar refractivity (Wildman–Crippen MR) is 79.6 cm³/mol. The topological polar surface area (TPSA) is 81.5 Å². The first-order chi connectivity index (χ1) is 11.0. The number of nitrogens with one attached hydrogen (secondary N) is 1. The lowest BCUT2D eigenvalue weighted by Gasteiger charge is -2.17. The Labute approximate surface area is 131 Å². The van der Waals surface area contributed by atoms with Crippen molar-refractivity contribution in [1.82, 2.24) is 5.32 Å². The van der Waals surface area contributed by atoms with Crippen molar-refractivity contribution in [1.29, 1.82) is 0 Å². The summed E-state index contributed by atoms with van der Waals surface area (Å²) >= 11 is 0. The third kappa shape index (κ3) is 3.28. The van der Waals surface area contributed by atoms with E-state index in [4.69, 9.17) is 4.74 Å². The molecule has 118 valence electrons. The molecule has 0 radical (unpaired) electrons. The van der Waals surface area contributed by atoms with Gasteiger partial charge in [-0.15, -0.1) is 0 Å². The zero-order chi connectivity index (χ0) is 16.4. The fraction of sp³-hybridized carbons (Fsp3) is 0.188. The number of nitrogens with zero attached hydrogens (tertiary/aromatic N) is 1. The molecule has 0 atom stereocenters. The number of hydrogen-bond acceptors (Lipinski definition) is 4. The summed E-state index contributed by atoms with van der Waals surface area (Å²) in [5.41, 5.74) is 0.00860. The third-order valence-corrected chi connectivity index (χ3v) is 3.73. The maximum Gasteiger partial charge on any atom is 0.413 e. The van der Waals surface area contributed by atoms with E-state index in [1.165, 1.54) is 36.4 Å². The minimum Gasteiger partial charge on any atom is -0.410 e. The number of benzene rings is 2. The van der Waals surface area contributed by atoms with Crippen molar-refractivity contribution in [3.63, 3.8) is 0 Å². The molecule has 1 saturated carbocycles. The molecule has 1 aliphatic carbocycles. The summed E-state index contributed by atoms with van der Waals surface area (Å²) in [6.07, 6.45) is 0.720. The Kier molecular flexibility index (Phi) is 3.69. The molecular weight excluding hydrogens is 303 g/mol. The molecule has 0 bridgehead atoms. The Morgan fingerprint density at radius 2 is 1.91 bits per heavy atom. The number of non-ortho nitro benzene ring substituents is 1. The summed E-state index contributed by atoms with van der Waals surface area (Å²) in [5, 5.41) is 13.3. The molecule has 0 spiro atoms. The van der Waals surface area contributed by atoms with Gasteiger partial charge in [-0.05, 0) is 42.7 Å². The molecule has 1 aliphatic rings. The predicted octanol–water partition coefficient (Wildman–Crippen LogP) is 3.51. The average Bonchev–Trinajstić information content (AvgIpc) is 3.28. The van der Waals surface area contributed by atoms with Crippen LogP contribution >= 0.6 is 0 Å². The lowest BCUT2D eigenvalue weighted by molar-refractivity contribution is -0.384. The first-order valence-electron chi connectivity index (χ1n) is 6.99. The van der Waals surface area contributed by atoms with Crippen LogP contribution < -0.4 is 10.1 Å². The molecule has 1 fully saturated rings. The molecule has 7 heteroatoms. The smallest absolute Gasteiger partial charge is 0.410 e. The van der Waals surface area contributed by atoms with Gasteiger partial charge in [-0.2, -0.15) is 0 Å². The van der Waals surface area contributed by atoms with E-state index >= 15 is 0 Å². The molecule has 1 N–H and O–H groups in total. The van der Waals surface area contributed by atoms with E-state index in [1.807, 2.05) is 0 Å². The molecule has 3 rings (SSSR count). The summed E-state index contributed by atoms with van der Waals surface area (Å²) in [6.45, 7) is 0. The van der Waals surface area contributed by atoms with Crippen molar-refractivity contribution < 1.29 is 18.8 Å². The fourth-order valence-corrected chi connectivity index (χ4v) is 2.36. The number of nitro groups is 1. The van der Waals surface area contributed by atoms with Crippen LogP contribution in [0.5, 0.6) is 5.75 Å². The van der Waals surface area contributed by atoms with Crippen LogP contribution in [0.1, 0.15) is 18.4 Å². The van der Waals surface area contributed by atoms with Crippen LogP contribution in [0.15, 0.2) is 48.5 Å². The molecule has 0 unspecified atom stereocenters. The van der Waals surface area contributed by atoms with E-state index in [0.29, 0.717) is 18.4 Å². The molecular formula is C16H13FN2O4. The Bertz CT molecular complexity index is 757. The molecule has 0 saturated heterocycles. The van der Waals surface area contributed by atoms with Crippen LogP contribution in [-0.4, -0.2) is 11.0 Å². The standard InChI is InChI=1S/C16H13FN2O4/c17-12-3-1-2-11(10-12)16(8-9-16)18-15(20)23-14-6-4-13(5-7-14)19(21)22/h1-7,10H,8-9H2,(H,18,20). The van der Waals surface area contributed by atoms with Gasteiger partial charge in [0.15, 0.2) is 0 Å². The van der Waals surface area contributed by atoms with E-state index < -0.39 is 16.6 Å². The monoisotopic (exact) mass is 316 g/mol. The SMILES string of the molecule is O=C(NC1(c2cccc(F)c2)CC1)Oc1ccc([N+](=O)[O-])cc1. The van der Waals surface area contributed by atoms with Crippen molar-refractivity contribution in [2.24, 2.45) is 0 Å². The van der Waals surface area contributed by atoms with Crippen molar-refractivity contribution in [3.05, 3.63) is 70.0 Å². The van der Waals surface area contributed by atoms with Crippen molar-refractivity contribution in [2.45, 2.75) is 18.4 Å². The average molecular weight is 316 g/mol. The van der Waals surface area contributed by atoms with Gasteiger partial charge in [0.2, 0.25) is 0 Å². The second kappa shape index (κ2) is 5.68. The number of nitro benzene ring substituents is 1. The van der Waals surface area contributed by atoms with E-state index in [2.05, 4.69) is 5.32 Å². The van der Waals surface area contributed by atoms with Gasteiger partial charge >= 0.3 is 6.09 Å². The number of halogens is 1. The number of hydrogen-bond donors (Lipinski definition) is 1. The first kappa shape index (κ1) is 15.0. The van der Waals surface area contributed by atoms with Crippen molar-refractivity contribution >= 4 is 11.8 Å². The van der Waals surface area contributed by atoms with Crippen LogP contribution in [0.4, 0.5) is 14.9 Å². The molecule has 0 heterocycles. The van der Waals surface area contributed by atoms with E-state index in [9.17, 15) is 19.3 Å². The highest BCUT2D eigenvalue weighted by molar-refractivity contribution is 5.72. The number of amides is 1. The summed E-state index contributed by atoms with van der Waals surface area (Å²) in [5.74, 6) is -0.164. The van der Waals surface area contributed by atoms with Gasteiger partial charge in [0.05, 0.1) is 10.5 Å². The van der Waals surface area contributed by atoms with Crippen molar-refractivity contribution in [2.75, 3.05) is 0 Å². The van der Waals surface area contributed by atoms with Crippen LogP contribution in [0.2, 0.25) is 0 Å². The first-order valence-corrected chi connectivity index (χ1v) is 6.99. The van der Waals surface area contributed by atoms with Gasteiger partial charge in [-0.25, -0.2) is 9.18 Å². The summed E-state index contributed by atoms with van der Waals surface area (Å²) in [6, 6.07) is 11.3. The Hall–Kier alpha value is -2.96. The largest absolute Gasteiger partial charge is 0.413 e. The maximum absolute atomic E-state index is 13.3. The summed E-state index contributed by atoms with van der Waals surface area (Å²) in [4.78, 5) is 22.0. The number of ether oxygens (including phenoxy) is 1. The highest BCUT2D eigenvalue weighted by Gasteiger charge is 2.46. The molecule has 2 aromatic rings. The lowest BCUT2D eigenvalue weighted by Crippen LogP contribution is -2.36. The Morgan fingerprint density at radius 3 is 2.48 bits per heavy atom. The molecule has 2 aromatic carbocycles. The molecule has 1 amide bonds. The van der Waals surface area contributed by atoms with Crippen LogP contribution in [0.3, 0.4) is 0 Å². The summed E-state index contributed by atoms with van der Waals surface area (Å²) < 4.78 is 18.4. The second-order valence-corrected chi connectivity index (χ2v) is 5.36. The number of carbonyl (C=O) groups excluding carboxylic acids is 1. The van der Waals surface area contributed by atoms with Crippen LogP contribution in [0.25, 0.3) is 0 Å². The number of rotatable bonds is 4. The lowest BCUT2D eigenvalue weighted by atomic mass is 10.1. The van der Waals surface area contributed by atoms with Gasteiger partial charge < -0.3 is 10.1 Å². The Balaban J connectivity index is 1.66. The highest BCUT2D eigenvalue weighted by atomic mass is 19.1. The third-order valence-electron chi connectivity index (χ3n) is 3.73. The second-order valence-electron chi connectivity index (χ2n) is 5.36. The van der Waals surface area contributed by atoms with Gasteiger partial charge in [0.1, 0.15) is 11.6 Å². The Morgan fingerprint density at radius 1 is 1.22 bits per heavy atom. The zero-order valence-electron chi connectivity index (χ0n) is 12.0. The van der Waals surface area contributed by atoms with Crippen molar-refractivity contribution in [3.8, 4) is 5.75 Å². The number of carbonyl (C=O) groups is 1. The normalized spacial score (nSPS) is 14.8. The van der Waals surface area contributed by atoms with Crippen LogP contribution in [-0.2, 0) is 5.54 Å². The molecule has 0 aromatic heterocycles. The van der Waals surface area contributed by atoms with Gasteiger partial charge in [0, 0.05) is 12.1 Å². The van der Waals surface area contributed by atoms with Gasteiger partial charge in [0.25, 0.3) is 5.69 Å². The zero-order valence-corrected chi connectivity index (χ0v) is 12.0. The van der Waals surface area contributed by atoms with E-state index in [-0.39, 0.29) is 17.3 Å². The quantitative estimate of drug-likeness (QED) is 0.691. The van der Waals surface area contributed by atoms with Gasteiger partial charge in [-0.3, -0.25) is 10.1 Å². The molecule has 23 heavy (non-hydrogen) atoms. The highest BCUT2D eigenvalue weighted by Crippen LogP contribution is 2.45. The molecule has 0 aliphatic heterocycles. The fourth-order valence-electron chi connectivity index (χ4n) is 2.36. The van der Waals surface area contributed by atoms with E-state index in [0.717, 1.165) is 0 Å². The maximum atomic E-state index is 13.3. The van der Waals surface area contributed by atoms with E-state index in [1.54, 1.807) is 12.1 Å². The minimum absolute atomic E-state index is 0.0869. The van der Waals surface area contributed by atoms with Crippen LogP contribution in [0, 0.1) is 15.9 Å². The molecule has 6 nitrogen and oxygen atoms in total. The summed E-state index contributed by atoms with van der Waals surface area (Å²) in [7, 11) is 0. The minimum atomic E-state index is -0.680. The van der Waals surface area contributed by atoms with Gasteiger partial charge in [-0.1, -0.05) is 12.1 Å².